The van der Waals surface area contributed by atoms with Gasteiger partial charge in [0.25, 0.3) is 0 Å². The minimum atomic E-state index is -0.751. The van der Waals surface area contributed by atoms with E-state index in [9.17, 15) is 9.59 Å². The Hall–Kier alpha value is -0.910. The van der Waals surface area contributed by atoms with Gasteiger partial charge in [-0.3, -0.25) is 4.79 Å². The monoisotopic (exact) mass is 288 g/mol. The van der Waals surface area contributed by atoms with E-state index in [-0.39, 0.29) is 24.0 Å². The fourth-order valence-corrected chi connectivity index (χ4v) is 3.32. The Morgan fingerprint density at radius 3 is 2.63 bits per heavy atom. The molecule has 19 heavy (non-hydrogen) atoms. The number of aliphatic carboxylic acids is 1. The fraction of sp³-hybridized carbons (Fsp3) is 0.846. The maximum atomic E-state index is 12.1. The van der Waals surface area contributed by atoms with Crippen LogP contribution in [0.15, 0.2) is 0 Å². The van der Waals surface area contributed by atoms with Crippen molar-refractivity contribution in [3.05, 3.63) is 0 Å². The molecule has 1 unspecified atom stereocenters. The standard InChI is InChI=1S/C13H24N2O3S/c1-4-11(8-19-3)15(2)13(18)14-10-6-5-9(7-10)12(16)17/h9-11H,4-8H2,1-3H3,(H,14,18)(H,16,17)/t9-,10+,11?/m1/s1. The first-order valence-electron chi connectivity index (χ1n) is 6.74. The predicted octanol–water partition coefficient (Wildman–Crippen LogP) is 2.02. The lowest BCUT2D eigenvalue weighted by Crippen LogP contribution is -2.47. The third kappa shape index (κ3) is 4.60. The van der Waals surface area contributed by atoms with Crippen molar-refractivity contribution in [2.45, 2.75) is 44.7 Å². The SMILES string of the molecule is CCC(CSC)N(C)C(=O)N[C@H]1CC[C@@H](C(=O)O)C1. The van der Waals surface area contributed by atoms with Crippen LogP contribution in [0.25, 0.3) is 0 Å². The number of rotatable bonds is 6. The van der Waals surface area contributed by atoms with Crippen LogP contribution < -0.4 is 5.32 Å². The summed E-state index contributed by atoms with van der Waals surface area (Å²) < 4.78 is 0. The Kier molecular flexibility index (Phi) is 6.48. The first-order valence-corrected chi connectivity index (χ1v) is 8.14. The number of thioether (sulfide) groups is 1. The Balaban J connectivity index is 2.44. The van der Waals surface area contributed by atoms with E-state index in [0.29, 0.717) is 12.8 Å². The van der Waals surface area contributed by atoms with Crippen LogP contribution in [0, 0.1) is 5.92 Å². The molecule has 1 rings (SSSR count). The molecule has 0 radical (unpaired) electrons. The van der Waals surface area contributed by atoms with E-state index < -0.39 is 5.97 Å². The van der Waals surface area contributed by atoms with E-state index in [1.165, 1.54) is 0 Å². The van der Waals surface area contributed by atoms with Gasteiger partial charge in [-0.1, -0.05) is 6.92 Å². The Morgan fingerprint density at radius 1 is 1.47 bits per heavy atom. The number of carbonyl (C=O) groups excluding carboxylic acids is 1. The van der Waals surface area contributed by atoms with Gasteiger partial charge in [0.05, 0.1) is 5.92 Å². The number of urea groups is 1. The van der Waals surface area contributed by atoms with Gasteiger partial charge in [0, 0.05) is 24.9 Å². The summed E-state index contributed by atoms with van der Waals surface area (Å²) >= 11 is 1.73. The van der Waals surface area contributed by atoms with Crippen LogP contribution in [0.2, 0.25) is 0 Å². The van der Waals surface area contributed by atoms with Gasteiger partial charge in [-0.25, -0.2) is 4.79 Å². The molecule has 1 aliphatic rings. The summed E-state index contributed by atoms with van der Waals surface area (Å²) in [5.41, 5.74) is 0. The number of nitrogens with one attached hydrogen (secondary N) is 1. The van der Waals surface area contributed by atoms with Gasteiger partial charge in [-0.2, -0.15) is 11.8 Å². The highest BCUT2D eigenvalue weighted by Crippen LogP contribution is 2.25. The lowest BCUT2D eigenvalue weighted by atomic mass is 10.1. The maximum absolute atomic E-state index is 12.1. The Bertz CT molecular complexity index is 325. The lowest BCUT2D eigenvalue weighted by molar-refractivity contribution is -0.141. The topological polar surface area (TPSA) is 69.6 Å². The van der Waals surface area contributed by atoms with Gasteiger partial charge in [-0.15, -0.1) is 0 Å². The van der Waals surface area contributed by atoms with Gasteiger partial charge in [-0.05, 0) is 31.9 Å². The number of hydrogen-bond acceptors (Lipinski definition) is 3. The summed E-state index contributed by atoms with van der Waals surface area (Å²) in [5.74, 6) is -0.134. The number of amides is 2. The number of hydrogen-bond donors (Lipinski definition) is 2. The first-order chi connectivity index (χ1) is 8.99. The molecular weight excluding hydrogens is 264 g/mol. The molecule has 0 aliphatic heterocycles. The quantitative estimate of drug-likeness (QED) is 0.784. The molecule has 2 N–H and O–H groups in total. The molecule has 0 aromatic carbocycles. The van der Waals surface area contributed by atoms with E-state index >= 15 is 0 Å². The molecular formula is C13H24N2O3S. The Labute approximate surface area is 119 Å². The minimum absolute atomic E-state index is 0.00263. The van der Waals surface area contributed by atoms with Gasteiger partial charge in [0.2, 0.25) is 0 Å². The van der Waals surface area contributed by atoms with Crippen molar-refractivity contribution < 1.29 is 14.7 Å². The van der Waals surface area contributed by atoms with Crippen molar-refractivity contribution in [1.82, 2.24) is 10.2 Å². The molecule has 1 aliphatic carbocycles. The van der Waals surface area contributed by atoms with Crippen molar-refractivity contribution >= 4 is 23.8 Å². The minimum Gasteiger partial charge on any atom is -0.481 e. The zero-order chi connectivity index (χ0) is 14.4. The van der Waals surface area contributed by atoms with Crippen LogP contribution in [-0.2, 0) is 4.79 Å². The normalized spacial score (nSPS) is 23.9. The molecule has 5 nitrogen and oxygen atoms in total. The second-order valence-electron chi connectivity index (χ2n) is 5.12. The molecule has 110 valence electrons. The second kappa shape index (κ2) is 7.62. The summed E-state index contributed by atoms with van der Waals surface area (Å²) in [4.78, 5) is 24.7. The number of carboxylic acids is 1. The summed E-state index contributed by atoms with van der Waals surface area (Å²) in [6.45, 7) is 2.07. The van der Waals surface area contributed by atoms with Crippen molar-refractivity contribution in [3.8, 4) is 0 Å². The van der Waals surface area contributed by atoms with Crippen molar-refractivity contribution in [2.75, 3.05) is 19.1 Å². The van der Waals surface area contributed by atoms with Crippen molar-refractivity contribution in [2.24, 2.45) is 5.92 Å². The third-order valence-electron chi connectivity index (χ3n) is 3.81. The highest BCUT2D eigenvalue weighted by molar-refractivity contribution is 7.98. The molecule has 0 spiro atoms. The molecule has 1 saturated carbocycles. The van der Waals surface area contributed by atoms with E-state index in [1.54, 1.807) is 16.7 Å². The van der Waals surface area contributed by atoms with Crippen LogP contribution in [0.1, 0.15) is 32.6 Å². The summed E-state index contributed by atoms with van der Waals surface area (Å²) in [5, 5.41) is 11.9. The smallest absolute Gasteiger partial charge is 0.317 e. The van der Waals surface area contributed by atoms with Crippen LogP contribution >= 0.6 is 11.8 Å². The van der Waals surface area contributed by atoms with Gasteiger partial charge in [0.15, 0.2) is 0 Å². The summed E-state index contributed by atoms with van der Waals surface area (Å²) in [6, 6.07) is 0.145. The van der Waals surface area contributed by atoms with Crippen LogP contribution in [0.5, 0.6) is 0 Å². The number of carboxylic acid groups (broad SMARTS) is 1. The van der Waals surface area contributed by atoms with E-state index in [1.807, 2.05) is 13.3 Å². The van der Waals surface area contributed by atoms with Gasteiger partial charge < -0.3 is 15.3 Å². The highest BCUT2D eigenvalue weighted by atomic mass is 32.2. The van der Waals surface area contributed by atoms with E-state index in [0.717, 1.165) is 18.6 Å². The van der Waals surface area contributed by atoms with Crippen LogP contribution in [0.4, 0.5) is 4.79 Å². The number of nitrogens with zero attached hydrogens (tertiary/aromatic N) is 1. The molecule has 3 atom stereocenters. The first kappa shape index (κ1) is 16.1. The average Bonchev–Trinajstić information content (AvgIpc) is 2.83. The average molecular weight is 288 g/mol. The zero-order valence-corrected chi connectivity index (χ0v) is 12.7. The molecule has 0 heterocycles. The molecule has 0 aromatic heterocycles. The molecule has 6 heteroatoms. The molecule has 0 bridgehead atoms. The Morgan fingerprint density at radius 2 is 2.16 bits per heavy atom. The predicted molar refractivity (Wildman–Crippen MR) is 77.5 cm³/mol. The summed E-state index contributed by atoms with van der Waals surface area (Å²) in [7, 11) is 1.81. The van der Waals surface area contributed by atoms with Crippen LogP contribution in [0.3, 0.4) is 0 Å². The molecule has 2 amide bonds. The maximum Gasteiger partial charge on any atom is 0.317 e. The second-order valence-corrected chi connectivity index (χ2v) is 6.03. The van der Waals surface area contributed by atoms with E-state index in [2.05, 4.69) is 12.2 Å². The largest absolute Gasteiger partial charge is 0.481 e. The zero-order valence-electron chi connectivity index (χ0n) is 11.9. The van der Waals surface area contributed by atoms with E-state index in [4.69, 9.17) is 5.11 Å². The number of carbonyl (C=O) groups is 2. The summed E-state index contributed by atoms with van der Waals surface area (Å²) in [6.07, 6.45) is 4.92. The highest BCUT2D eigenvalue weighted by Gasteiger charge is 2.31. The van der Waals surface area contributed by atoms with Crippen molar-refractivity contribution in [3.63, 3.8) is 0 Å². The molecule has 0 aromatic rings. The van der Waals surface area contributed by atoms with Crippen LogP contribution in [-0.4, -0.2) is 53.1 Å². The lowest BCUT2D eigenvalue weighted by Gasteiger charge is -2.28. The van der Waals surface area contributed by atoms with Gasteiger partial charge in [0.1, 0.15) is 0 Å². The molecule has 1 fully saturated rings. The fourth-order valence-electron chi connectivity index (χ4n) is 2.48. The third-order valence-corrected chi connectivity index (χ3v) is 4.53. The molecule has 0 saturated heterocycles. The van der Waals surface area contributed by atoms with Crippen molar-refractivity contribution in [1.29, 1.82) is 0 Å². The van der Waals surface area contributed by atoms with Gasteiger partial charge >= 0.3 is 12.0 Å².